The topological polar surface area (TPSA) is 50.4 Å². The maximum atomic E-state index is 11.9. The fourth-order valence-corrected chi connectivity index (χ4v) is 2.11. The highest BCUT2D eigenvalue weighted by atomic mass is 16.5. The third kappa shape index (κ3) is 4.24. The van der Waals surface area contributed by atoms with Crippen molar-refractivity contribution in [3.8, 4) is 5.75 Å². The summed E-state index contributed by atoms with van der Waals surface area (Å²) in [5.41, 5.74) is 0.821. The van der Waals surface area contributed by atoms with Crippen LogP contribution in [0.25, 0.3) is 0 Å². The Morgan fingerprint density at radius 2 is 2.21 bits per heavy atom. The molecule has 4 nitrogen and oxygen atoms in total. The zero-order valence-corrected chi connectivity index (χ0v) is 11.4. The first-order valence-corrected chi connectivity index (χ1v) is 7.06. The number of anilines is 1. The van der Waals surface area contributed by atoms with E-state index in [9.17, 15) is 4.79 Å². The number of rotatable bonds is 6. The Morgan fingerprint density at radius 1 is 1.42 bits per heavy atom. The van der Waals surface area contributed by atoms with Gasteiger partial charge in [0.15, 0.2) is 0 Å². The number of unbranched alkanes of at least 4 members (excludes halogenated alkanes) is 1. The van der Waals surface area contributed by atoms with Crippen LogP contribution in [-0.2, 0) is 4.79 Å². The molecule has 0 aliphatic carbocycles. The number of hydrogen-bond donors (Lipinski definition) is 2. The minimum Gasteiger partial charge on any atom is -0.494 e. The molecule has 1 heterocycles. The van der Waals surface area contributed by atoms with Gasteiger partial charge in [-0.2, -0.15) is 0 Å². The fraction of sp³-hybridized carbons (Fsp3) is 0.533. The summed E-state index contributed by atoms with van der Waals surface area (Å²) in [6.45, 7) is 3.82. The minimum atomic E-state index is -0.0412. The molecular weight excluding hydrogens is 240 g/mol. The lowest BCUT2D eigenvalue weighted by Crippen LogP contribution is -2.35. The maximum absolute atomic E-state index is 11.9. The molecular formula is C15H22N2O2. The third-order valence-electron chi connectivity index (χ3n) is 3.27. The van der Waals surface area contributed by atoms with E-state index in [2.05, 4.69) is 17.6 Å². The van der Waals surface area contributed by atoms with E-state index in [1.54, 1.807) is 0 Å². The highest BCUT2D eigenvalue weighted by Gasteiger charge is 2.21. The second kappa shape index (κ2) is 7.14. The molecule has 0 saturated carbocycles. The smallest absolute Gasteiger partial charge is 0.241 e. The van der Waals surface area contributed by atoms with Crippen molar-refractivity contribution >= 4 is 11.6 Å². The maximum Gasteiger partial charge on any atom is 0.241 e. The van der Waals surface area contributed by atoms with Crippen LogP contribution in [0.5, 0.6) is 5.75 Å². The van der Waals surface area contributed by atoms with Gasteiger partial charge in [-0.15, -0.1) is 0 Å². The molecule has 1 unspecified atom stereocenters. The summed E-state index contributed by atoms with van der Waals surface area (Å²) in [4.78, 5) is 11.9. The van der Waals surface area contributed by atoms with E-state index < -0.39 is 0 Å². The molecule has 1 aromatic rings. The number of carbonyl (C=O) groups excluding carboxylic acids is 1. The Morgan fingerprint density at radius 3 is 2.84 bits per heavy atom. The number of nitrogens with one attached hydrogen (secondary N) is 2. The average molecular weight is 262 g/mol. The summed E-state index contributed by atoms with van der Waals surface area (Å²) in [7, 11) is 0. The molecule has 104 valence electrons. The molecule has 0 radical (unpaired) electrons. The van der Waals surface area contributed by atoms with Gasteiger partial charge in [0, 0.05) is 5.69 Å². The highest BCUT2D eigenvalue weighted by molar-refractivity contribution is 5.95. The van der Waals surface area contributed by atoms with E-state index in [-0.39, 0.29) is 11.9 Å². The molecule has 1 fully saturated rings. The zero-order chi connectivity index (χ0) is 13.5. The van der Waals surface area contributed by atoms with Crippen LogP contribution in [0.1, 0.15) is 32.6 Å². The first-order valence-electron chi connectivity index (χ1n) is 7.06. The zero-order valence-electron chi connectivity index (χ0n) is 11.4. The Kier molecular flexibility index (Phi) is 5.21. The monoisotopic (exact) mass is 262 g/mol. The molecule has 0 aromatic heterocycles. The van der Waals surface area contributed by atoms with Crippen molar-refractivity contribution in [1.29, 1.82) is 0 Å². The van der Waals surface area contributed by atoms with Gasteiger partial charge in [0.05, 0.1) is 12.6 Å². The van der Waals surface area contributed by atoms with Crippen LogP contribution in [0.2, 0.25) is 0 Å². The number of ether oxygens (including phenoxy) is 1. The van der Waals surface area contributed by atoms with Crippen LogP contribution < -0.4 is 15.4 Å². The lowest BCUT2D eigenvalue weighted by Gasteiger charge is -2.11. The molecule has 2 rings (SSSR count). The summed E-state index contributed by atoms with van der Waals surface area (Å²) in [5.74, 6) is 0.905. The fourth-order valence-electron chi connectivity index (χ4n) is 2.11. The first-order chi connectivity index (χ1) is 9.29. The number of amides is 1. The lowest BCUT2D eigenvalue weighted by atomic mass is 10.2. The van der Waals surface area contributed by atoms with Gasteiger partial charge in [-0.05, 0) is 50.1 Å². The molecule has 19 heavy (non-hydrogen) atoms. The first kappa shape index (κ1) is 13.9. The van der Waals surface area contributed by atoms with Gasteiger partial charge >= 0.3 is 0 Å². The molecule has 1 saturated heterocycles. The Labute approximate surface area is 114 Å². The van der Waals surface area contributed by atoms with E-state index in [1.165, 1.54) is 0 Å². The summed E-state index contributed by atoms with van der Waals surface area (Å²) >= 11 is 0. The van der Waals surface area contributed by atoms with Crippen LogP contribution in [-0.4, -0.2) is 25.1 Å². The average Bonchev–Trinajstić information content (AvgIpc) is 2.95. The van der Waals surface area contributed by atoms with Crippen molar-refractivity contribution in [3.63, 3.8) is 0 Å². The lowest BCUT2D eigenvalue weighted by molar-refractivity contribution is -0.117. The highest BCUT2D eigenvalue weighted by Crippen LogP contribution is 2.17. The number of benzene rings is 1. The van der Waals surface area contributed by atoms with Crippen molar-refractivity contribution in [3.05, 3.63) is 24.3 Å². The predicted molar refractivity (Wildman–Crippen MR) is 76.5 cm³/mol. The molecule has 1 atom stereocenters. The molecule has 1 aromatic carbocycles. The van der Waals surface area contributed by atoms with Gasteiger partial charge in [0.2, 0.25) is 5.91 Å². The largest absolute Gasteiger partial charge is 0.494 e. The molecule has 4 heteroatoms. The molecule has 1 aliphatic rings. The van der Waals surface area contributed by atoms with E-state index in [0.29, 0.717) is 0 Å². The number of carbonyl (C=O) groups is 1. The van der Waals surface area contributed by atoms with E-state index in [4.69, 9.17) is 4.74 Å². The number of hydrogen-bond acceptors (Lipinski definition) is 3. The van der Waals surface area contributed by atoms with Gasteiger partial charge in [-0.1, -0.05) is 13.3 Å². The van der Waals surface area contributed by atoms with E-state index in [0.717, 1.165) is 50.3 Å². The van der Waals surface area contributed by atoms with E-state index >= 15 is 0 Å². The molecule has 2 N–H and O–H groups in total. The third-order valence-corrected chi connectivity index (χ3v) is 3.27. The van der Waals surface area contributed by atoms with Crippen LogP contribution >= 0.6 is 0 Å². The Bertz CT molecular complexity index is 397. The van der Waals surface area contributed by atoms with Gasteiger partial charge < -0.3 is 15.4 Å². The second-order valence-corrected chi connectivity index (χ2v) is 4.86. The van der Waals surface area contributed by atoms with E-state index in [1.807, 2.05) is 24.3 Å². The van der Waals surface area contributed by atoms with Gasteiger partial charge in [0.25, 0.3) is 0 Å². The van der Waals surface area contributed by atoms with Crippen LogP contribution in [0.15, 0.2) is 24.3 Å². The summed E-state index contributed by atoms with van der Waals surface area (Å²) in [6, 6.07) is 7.52. The molecule has 0 spiro atoms. The van der Waals surface area contributed by atoms with Crippen molar-refractivity contribution in [2.45, 2.75) is 38.6 Å². The van der Waals surface area contributed by atoms with Crippen molar-refractivity contribution in [2.24, 2.45) is 0 Å². The molecule has 1 aliphatic heterocycles. The molecule has 1 amide bonds. The van der Waals surface area contributed by atoms with Gasteiger partial charge in [-0.25, -0.2) is 0 Å². The summed E-state index contributed by atoms with van der Waals surface area (Å²) < 4.78 is 5.58. The quantitative estimate of drug-likeness (QED) is 0.775. The standard InChI is InChI=1S/C15H22N2O2/c1-2-3-11-19-13-8-6-12(7-9-13)17-15(18)14-5-4-10-16-14/h6-9,14,16H,2-5,10-11H2,1H3,(H,17,18). The van der Waals surface area contributed by atoms with Crippen molar-refractivity contribution in [1.82, 2.24) is 5.32 Å². The second-order valence-electron chi connectivity index (χ2n) is 4.86. The van der Waals surface area contributed by atoms with Gasteiger partial charge in [0.1, 0.15) is 5.75 Å². The molecule has 0 bridgehead atoms. The predicted octanol–water partition coefficient (Wildman–Crippen LogP) is 2.56. The van der Waals surface area contributed by atoms with Crippen LogP contribution in [0.3, 0.4) is 0 Å². The van der Waals surface area contributed by atoms with Crippen molar-refractivity contribution in [2.75, 3.05) is 18.5 Å². The van der Waals surface area contributed by atoms with Gasteiger partial charge in [-0.3, -0.25) is 4.79 Å². The Hall–Kier alpha value is -1.55. The Balaban J connectivity index is 1.82. The minimum absolute atomic E-state index is 0.0412. The van der Waals surface area contributed by atoms with Crippen LogP contribution in [0, 0.1) is 0 Å². The summed E-state index contributed by atoms with van der Waals surface area (Å²) in [5, 5.41) is 6.11. The SMILES string of the molecule is CCCCOc1ccc(NC(=O)C2CCCN2)cc1. The van der Waals surface area contributed by atoms with Crippen molar-refractivity contribution < 1.29 is 9.53 Å². The normalized spacial score (nSPS) is 18.3. The summed E-state index contributed by atoms with van der Waals surface area (Å²) in [6.07, 6.45) is 4.18. The van der Waals surface area contributed by atoms with Crippen LogP contribution in [0.4, 0.5) is 5.69 Å².